The number of hydrogen-bond donors (Lipinski definition) is 1. The van der Waals surface area contributed by atoms with Crippen LogP contribution in [0.4, 0.5) is 5.95 Å². The van der Waals surface area contributed by atoms with Crippen molar-refractivity contribution in [2.24, 2.45) is 0 Å². The van der Waals surface area contributed by atoms with Gasteiger partial charge in [-0.05, 0) is 24.7 Å². The van der Waals surface area contributed by atoms with Gasteiger partial charge in [-0.25, -0.2) is 4.68 Å². The van der Waals surface area contributed by atoms with Gasteiger partial charge in [-0.3, -0.25) is 4.79 Å². The Bertz CT molecular complexity index is 859. The molecule has 0 saturated carbocycles. The van der Waals surface area contributed by atoms with Crippen molar-refractivity contribution >= 4 is 23.5 Å². The van der Waals surface area contributed by atoms with Gasteiger partial charge in [0.1, 0.15) is 11.8 Å². The van der Waals surface area contributed by atoms with Gasteiger partial charge in [0.25, 0.3) is 0 Å². The van der Waals surface area contributed by atoms with Crippen LogP contribution in [0, 0.1) is 0 Å². The first-order valence-electron chi connectivity index (χ1n) is 8.48. The third-order valence-electron chi connectivity index (χ3n) is 4.56. The van der Waals surface area contributed by atoms with Crippen LogP contribution >= 0.6 is 11.8 Å². The van der Waals surface area contributed by atoms with Gasteiger partial charge in [-0.15, -0.1) is 5.10 Å². The molecule has 1 N–H and O–H groups in total. The first-order chi connectivity index (χ1) is 12.2. The van der Waals surface area contributed by atoms with Crippen molar-refractivity contribution in [3.8, 4) is 5.75 Å². The maximum Gasteiger partial charge on any atom is 0.227 e. The molecule has 2 heterocycles. The fourth-order valence-corrected chi connectivity index (χ4v) is 4.06. The van der Waals surface area contributed by atoms with Crippen LogP contribution in [-0.2, 0) is 4.79 Å². The second kappa shape index (κ2) is 6.55. The van der Waals surface area contributed by atoms with E-state index in [-0.39, 0.29) is 11.8 Å². The fourth-order valence-electron chi connectivity index (χ4n) is 3.51. The first-order valence-corrected chi connectivity index (χ1v) is 9.47. The van der Waals surface area contributed by atoms with Gasteiger partial charge in [0.2, 0.25) is 11.1 Å². The summed E-state index contributed by atoms with van der Waals surface area (Å²) in [6, 6.07) is 7.52. The highest BCUT2D eigenvalue weighted by molar-refractivity contribution is 7.99. The lowest BCUT2D eigenvalue weighted by Gasteiger charge is -2.32. The summed E-state index contributed by atoms with van der Waals surface area (Å²) < 4.78 is 7.39. The van der Waals surface area contributed by atoms with E-state index in [0.29, 0.717) is 12.4 Å². The van der Waals surface area contributed by atoms with E-state index in [0.717, 1.165) is 46.3 Å². The van der Waals surface area contributed by atoms with E-state index < -0.39 is 0 Å². The molecular formula is C18H20N4O2S. The smallest absolute Gasteiger partial charge is 0.227 e. The van der Waals surface area contributed by atoms with Gasteiger partial charge < -0.3 is 10.1 Å². The van der Waals surface area contributed by atoms with Crippen LogP contribution in [0.25, 0.3) is 0 Å². The van der Waals surface area contributed by atoms with Crippen LogP contribution in [0.3, 0.4) is 0 Å². The summed E-state index contributed by atoms with van der Waals surface area (Å²) in [5.74, 6) is 2.52. The molecule has 130 valence electrons. The third kappa shape index (κ3) is 2.72. The van der Waals surface area contributed by atoms with Crippen LogP contribution < -0.4 is 10.1 Å². The number of aromatic nitrogens is 3. The molecule has 0 unspecified atom stereocenters. The number of para-hydroxylation sites is 1. The van der Waals surface area contributed by atoms with Gasteiger partial charge >= 0.3 is 0 Å². The van der Waals surface area contributed by atoms with E-state index in [9.17, 15) is 4.79 Å². The second-order valence-electron chi connectivity index (χ2n) is 6.03. The van der Waals surface area contributed by atoms with Gasteiger partial charge in [0, 0.05) is 23.3 Å². The molecule has 25 heavy (non-hydrogen) atoms. The number of methoxy groups -OCH3 is 1. The van der Waals surface area contributed by atoms with Crippen molar-refractivity contribution in [1.29, 1.82) is 0 Å². The fraction of sp³-hybridized carbons (Fsp3) is 0.389. The Morgan fingerprint density at radius 2 is 2.20 bits per heavy atom. The minimum Gasteiger partial charge on any atom is -0.496 e. The molecule has 7 heteroatoms. The summed E-state index contributed by atoms with van der Waals surface area (Å²) in [7, 11) is 1.65. The molecule has 0 amide bonds. The number of carbonyl (C=O) groups excluding carboxylic acids is 1. The Morgan fingerprint density at radius 3 is 3.00 bits per heavy atom. The Labute approximate surface area is 150 Å². The lowest BCUT2D eigenvalue weighted by Crippen LogP contribution is -2.31. The number of hydrogen-bond acceptors (Lipinski definition) is 6. The summed E-state index contributed by atoms with van der Waals surface area (Å²) in [5, 5.41) is 8.72. The molecule has 0 bridgehead atoms. The Hall–Kier alpha value is -2.28. The summed E-state index contributed by atoms with van der Waals surface area (Å²) in [4.78, 5) is 17.4. The number of nitrogens with one attached hydrogen (secondary N) is 1. The van der Waals surface area contributed by atoms with E-state index in [1.165, 1.54) is 0 Å². The quantitative estimate of drug-likeness (QED) is 0.847. The molecule has 0 fully saturated rings. The molecule has 4 rings (SSSR count). The summed E-state index contributed by atoms with van der Waals surface area (Å²) >= 11 is 1.59. The number of thioether (sulfide) groups is 1. The summed E-state index contributed by atoms with van der Waals surface area (Å²) in [6.45, 7) is 2.07. The van der Waals surface area contributed by atoms with E-state index in [4.69, 9.17) is 4.74 Å². The standard InChI is InChI=1S/C18H20N4O2S/c1-3-25-18-20-17-19-12-8-6-9-13(23)15(12)16(22(17)21-18)11-7-4-5-10-14(11)24-2/h4-5,7,10,16H,3,6,8-9H2,1-2H3,(H,19,20,21)/t16-/m0/s1. The number of ether oxygens (including phenoxy) is 1. The summed E-state index contributed by atoms with van der Waals surface area (Å²) in [6.07, 6.45) is 2.30. The van der Waals surface area contributed by atoms with Gasteiger partial charge in [0.15, 0.2) is 5.78 Å². The third-order valence-corrected chi connectivity index (χ3v) is 5.28. The molecule has 1 aliphatic heterocycles. The van der Waals surface area contributed by atoms with E-state index in [1.807, 2.05) is 28.9 Å². The van der Waals surface area contributed by atoms with Crippen LogP contribution in [0.1, 0.15) is 37.8 Å². The van der Waals surface area contributed by atoms with Crippen molar-refractivity contribution < 1.29 is 9.53 Å². The molecule has 0 spiro atoms. The van der Waals surface area contributed by atoms with E-state index >= 15 is 0 Å². The topological polar surface area (TPSA) is 69.0 Å². The van der Waals surface area contributed by atoms with Gasteiger partial charge in [0.05, 0.1) is 7.11 Å². The SMILES string of the molecule is CCSc1nc2n(n1)[C@@H](c1ccccc1OC)C1=C(CCCC1=O)N2. The lowest BCUT2D eigenvalue weighted by atomic mass is 9.85. The van der Waals surface area contributed by atoms with Crippen LogP contribution in [0.5, 0.6) is 5.75 Å². The highest BCUT2D eigenvalue weighted by Crippen LogP contribution is 2.42. The zero-order chi connectivity index (χ0) is 17.4. The van der Waals surface area contributed by atoms with Crippen molar-refractivity contribution in [3.05, 3.63) is 41.1 Å². The number of carbonyl (C=O) groups is 1. The lowest BCUT2D eigenvalue weighted by molar-refractivity contribution is -0.116. The molecule has 2 aliphatic rings. The number of rotatable bonds is 4. The van der Waals surface area contributed by atoms with Crippen molar-refractivity contribution in [1.82, 2.24) is 14.8 Å². The van der Waals surface area contributed by atoms with Crippen molar-refractivity contribution in [2.45, 2.75) is 37.4 Å². The maximum atomic E-state index is 12.7. The Kier molecular flexibility index (Phi) is 4.25. The van der Waals surface area contributed by atoms with E-state index in [1.54, 1.807) is 18.9 Å². The molecular weight excluding hydrogens is 336 g/mol. The van der Waals surface area contributed by atoms with Gasteiger partial charge in [-0.1, -0.05) is 36.9 Å². The highest BCUT2D eigenvalue weighted by Gasteiger charge is 2.37. The Morgan fingerprint density at radius 1 is 1.36 bits per heavy atom. The number of allylic oxidation sites excluding steroid dienone is 2. The van der Waals surface area contributed by atoms with Gasteiger partial charge in [-0.2, -0.15) is 4.98 Å². The average molecular weight is 356 g/mol. The minimum absolute atomic E-state index is 0.176. The van der Waals surface area contributed by atoms with Crippen molar-refractivity contribution in [3.63, 3.8) is 0 Å². The number of nitrogens with zero attached hydrogens (tertiary/aromatic N) is 3. The molecule has 1 aromatic heterocycles. The zero-order valence-corrected chi connectivity index (χ0v) is 15.1. The molecule has 1 aliphatic carbocycles. The number of fused-ring (bicyclic) bond motifs is 1. The number of ketones is 1. The largest absolute Gasteiger partial charge is 0.496 e. The number of anilines is 1. The Balaban J connectivity index is 1.91. The van der Waals surface area contributed by atoms with Crippen LogP contribution in [-0.4, -0.2) is 33.4 Å². The number of Topliss-reactive ketones (excluding diaryl/α,β-unsaturated/α-hetero) is 1. The predicted molar refractivity (Wildman–Crippen MR) is 97.1 cm³/mol. The van der Waals surface area contributed by atoms with Crippen LogP contribution in [0.15, 0.2) is 40.7 Å². The first kappa shape index (κ1) is 16.2. The van der Waals surface area contributed by atoms with E-state index in [2.05, 4.69) is 22.3 Å². The average Bonchev–Trinajstić information content (AvgIpc) is 3.02. The van der Waals surface area contributed by atoms with Crippen molar-refractivity contribution in [2.75, 3.05) is 18.2 Å². The molecule has 1 aromatic carbocycles. The monoisotopic (exact) mass is 356 g/mol. The molecule has 6 nitrogen and oxygen atoms in total. The molecule has 1 atom stereocenters. The zero-order valence-electron chi connectivity index (χ0n) is 14.3. The molecule has 0 saturated heterocycles. The predicted octanol–water partition coefficient (Wildman–Crippen LogP) is 3.42. The number of benzene rings is 1. The maximum absolute atomic E-state index is 12.7. The molecule has 0 radical (unpaired) electrons. The minimum atomic E-state index is -0.297. The highest BCUT2D eigenvalue weighted by atomic mass is 32.2. The summed E-state index contributed by atoms with van der Waals surface area (Å²) in [5.41, 5.74) is 2.70. The van der Waals surface area contributed by atoms with Crippen LogP contribution in [0.2, 0.25) is 0 Å². The second-order valence-corrected chi connectivity index (χ2v) is 7.27. The molecule has 2 aromatic rings. The normalized spacial score (nSPS) is 19.3.